The van der Waals surface area contributed by atoms with E-state index in [0.29, 0.717) is 25.8 Å². The van der Waals surface area contributed by atoms with Crippen LogP contribution in [0.2, 0.25) is 0 Å². The molecule has 0 heterocycles. The van der Waals surface area contributed by atoms with Crippen molar-refractivity contribution in [2.75, 3.05) is 13.1 Å². The van der Waals surface area contributed by atoms with Gasteiger partial charge in [0.15, 0.2) is 0 Å². The van der Waals surface area contributed by atoms with E-state index in [4.69, 9.17) is 11.5 Å². The number of amides is 3. The van der Waals surface area contributed by atoms with Crippen LogP contribution in [0, 0.1) is 11.8 Å². The van der Waals surface area contributed by atoms with Crippen molar-refractivity contribution >= 4 is 23.7 Å². The Morgan fingerprint density at radius 1 is 0.931 bits per heavy atom. The summed E-state index contributed by atoms with van der Waals surface area (Å²) < 4.78 is 0. The van der Waals surface area contributed by atoms with Gasteiger partial charge in [0.2, 0.25) is 17.7 Å². The monoisotopic (exact) mass is 415 g/mol. The van der Waals surface area contributed by atoms with Crippen LogP contribution in [-0.4, -0.2) is 60.0 Å². The van der Waals surface area contributed by atoms with Crippen molar-refractivity contribution < 1.29 is 24.3 Å². The summed E-state index contributed by atoms with van der Waals surface area (Å²) in [5.74, 6) is -2.73. The number of rotatable bonds is 14. The molecule has 0 bridgehead atoms. The van der Waals surface area contributed by atoms with Gasteiger partial charge < -0.3 is 32.5 Å². The molecule has 0 aliphatic carbocycles. The van der Waals surface area contributed by atoms with Crippen LogP contribution in [0.25, 0.3) is 0 Å². The molecule has 8 N–H and O–H groups in total. The molecule has 0 aliphatic heterocycles. The highest BCUT2D eigenvalue weighted by molar-refractivity contribution is 5.92. The molecule has 168 valence electrons. The minimum absolute atomic E-state index is 0.0818. The first-order valence-corrected chi connectivity index (χ1v) is 10.0. The molecule has 3 amide bonds. The van der Waals surface area contributed by atoms with Gasteiger partial charge in [-0.1, -0.05) is 27.7 Å². The number of hydrogen-bond acceptors (Lipinski definition) is 6. The van der Waals surface area contributed by atoms with Crippen LogP contribution in [0.1, 0.15) is 53.4 Å². The van der Waals surface area contributed by atoms with Crippen LogP contribution < -0.4 is 27.4 Å². The second-order valence-corrected chi connectivity index (χ2v) is 7.92. The van der Waals surface area contributed by atoms with Crippen molar-refractivity contribution in [3.05, 3.63) is 0 Å². The molecule has 0 radical (unpaired) electrons. The number of carbonyl (C=O) groups is 4. The van der Waals surface area contributed by atoms with Crippen LogP contribution in [0.5, 0.6) is 0 Å². The van der Waals surface area contributed by atoms with Gasteiger partial charge in [-0.3, -0.25) is 14.4 Å². The molecule has 10 nitrogen and oxygen atoms in total. The van der Waals surface area contributed by atoms with Crippen molar-refractivity contribution in [3.63, 3.8) is 0 Å². The number of carbonyl (C=O) groups excluding carboxylic acids is 3. The van der Waals surface area contributed by atoms with Crippen LogP contribution in [0.3, 0.4) is 0 Å². The molecule has 3 unspecified atom stereocenters. The summed E-state index contributed by atoms with van der Waals surface area (Å²) in [4.78, 5) is 47.9. The van der Waals surface area contributed by atoms with Crippen LogP contribution in [-0.2, 0) is 19.2 Å². The molecule has 0 fully saturated rings. The van der Waals surface area contributed by atoms with Gasteiger partial charge in [-0.15, -0.1) is 0 Å². The fourth-order valence-electron chi connectivity index (χ4n) is 2.56. The van der Waals surface area contributed by atoms with Crippen molar-refractivity contribution in [2.24, 2.45) is 23.3 Å². The van der Waals surface area contributed by atoms with Crippen LogP contribution in [0.4, 0.5) is 0 Å². The third-order valence-electron chi connectivity index (χ3n) is 4.36. The highest BCUT2D eigenvalue weighted by Crippen LogP contribution is 2.06. The van der Waals surface area contributed by atoms with Crippen molar-refractivity contribution in [2.45, 2.75) is 71.5 Å². The second-order valence-electron chi connectivity index (χ2n) is 7.92. The summed E-state index contributed by atoms with van der Waals surface area (Å²) in [7, 11) is 0. The molecular formula is C19H37N5O5. The zero-order chi connectivity index (χ0) is 22.6. The van der Waals surface area contributed by atoms with Gasteiger partial charge in [0, 0.05) is 0 Å². The van der Waals surface area contributed by atoms with Gasteiger partial charge in [0.05, 0.1) is 12.6 Å². The Balaban J connectivity index is 4.83. The van der Waals surface area contributed by atoms with E-state index < -0.39 is 41.8 Å². The lowest BCUT2D eigenvalue weighted by Crippen LogP contribution is -2.54. The van der Waals surface area contributed by atoms with Gasteiger partial charge in [0.25, 0.3) is 0 Å². The normalized spacial score (nSPS) is 14.2. The first-order valence-electron chi connectivity index (χ1n) is 10.0. The molecule has 0 rings (SSSR count). The van der Waals surface area contributed by atoms with E-state index in [2.05, 4.69) is 16.0 Å². The van der Waals surface area contributed by atoms with Crippen molar-refractivity contribution in [1.82, 2.24) is 16.0 Å². The van der Waals surface area contributed by atoms with E-state index in [9.17, 15) is 24.3 Å². The summed E-state index contributed by atoms with van der Waals surface area (Å²) in [5, 5.41) is 16.6. The number of carboxylic acids is 1. The number of nitrogens with two attached hydrogens (primary N) is 2. The largest absolute Gasteiger partial charge is 0.480 e. The SMILES string of the molecule is CC(C)CC(NC(=O)CNC(=O)C(CCCCN)NC(=O)C(N)C(C)C)C(=O)O. The lowest BCUT2D eigenvalue weighted by atomic mass is 10.0. The number of hydrogen-bond donors (Lipinski definition) is 6. The van der Waals surface area contributed by atoms with Crippen molar-refractivity contribution in [1.29, 1.82) is 0 Å². The Morgan fingerprint density at radius 2 is 1.55 bits per heavy atom. The first-order chi connectivity index (χ1) is 13.5. The molecule has 0 aliphatic rings. The summed E-state index contributed by atoms with van der Waals surface area (Å²) in [6.45, 7) is 7.37. The Kier molecular flexibility index (Phi) is 12.8. The number of carboxylic acid groups (broad SMARTS) is 1. The highest BCUT2D eigenvalue weighted by Gasteiger charge is 2.26. The summed E-state index contributed by atoms with van der Waals surface area (Å²) in [6.07, 6.45) is 1.94. The smallest absolute Gasteiger partial charge is 0.326 e. The molecule has 0 aromatic carbocycles. The first kappa shape index (κ1) is 26.8. The minimum atomic E-state index is -1.13. The van der Waals surface area contributed by atoms with Gasteiger partial charge in [0.1, 0.15) is 12.1 Å². The molecule has 0 saturated heterocycles. The minimum Gasteiger partial charge on any atom is -0.480 e. The standard InChI is InChI=1S/C19H37N5O5/c1-11(2)9-14(19(28)29)23-15(25)10-22-17(26)13(7-5-6-8-20)24-18(27)16(21)12(3)4/h11-14,16H,5-10,20-21H2,1-4H3,(H,22,26)(H,23,25)(H,24,27)(H,28,29). The lowest BCUT2D eigenvalue weighted by Gasteiger charge is -2.22. The van der Waals surface area contributed by atoms with E-state index in [0.717, 1.165) is 0 Å². The summed E-state index contributed by atoms with van der Waals surface area (Å²) in [5.41, 5.74) is 11.3. The highest BCUT2D eigenvalue weighted by atomic mass is 16.4. The van der Waals surface area contributed by atoms with E-state index in [1.807, 2.05) is 13.8 Å². The van der Waals surface area contributed by atoms with Gasteiger partial charge in [-0.05, 0) is 44.1 Å². The van der Waals surface area contributed by atoms with E-state index in [-0.39, 0.29) is 24.8 Å². The molecule has 10 heteroatoms. The Hall–Kier alpha value is -2.20. The topological polar surface area (TPSA) is 177 Å². The predicted octanol–water partition coefficient (Wildman–Crippen LogP) is -0.685. The average molecular weight is 416 g/mol. The molecule has 0 saturated carbocycles. The zero-order valence-electron chi connectivity index (χ0n) is 17.9. The van der Waals surface area contributed by atoms with E-state index in [1.165, 1.54) is 0 Å². The molecule has 0 aromatic rings. The Bertz CT molecular complexity index is 553. The van der Waals surface area contributed by atoms with Crippen LogP contribution >= 0.6 is 0 Å². The van der Waals surface area contributed by atoms with E-state index in [1.54, 1.807) is 13.8 Å². The second kappa shape index (κ2) is 13.9. The molecule has 3 atom stereocenters. The fourth-order valence-corrected chi connectivity index (χ4v) is 2.56. The maximum Gasteiger partial charge on any atom is 0.326 e. The van der Waals surface area contributed by atoms with Gasteiger partial charge >= 0.3 is 5.97 Å². The molecule has 29 heavy (non-hydrogen) atoms. The maximum atomic E-state index is 12.5. The Labute approximate surface area is 172 Å². The third kappa shape index (κ3) is 11.4. The number of nitrogens with one attached hydrogen (secondary N) is 3. The predicted molar refractivity (Wildman–Crippen MR) is 110 cm³/mol. The van der Waals surface area contributed by atoms with E-state index >= 15 is 0 Å². The molecular weight excluding hydrogens is 378 g/mol. The zero-order valence-corrected chi connectivity index (χ0v) is 17.9. The summed E-state index contributed by atoms with van der Waals surface area (Å²) in [6, 6.07) is -2.63. The Morgan fingerprint density at radius 3 is 2.03 bits per heavy atom. The van der Waals surface area contributed by atoms with Gasteiger partial charge in [-0.25, -0.2) is 4.79 Å². The molecule has 0 spiro atoms. The third-order valence-corrected chi connectivity index (χ3v) is 4.36. The number of aliphatic carboxylic acids is 1. The lowest BCUT2D eigenvalue weighted by molar-refractivity contribution is -0.142. The van der Waals surface area contributed by atoms with Crippen molar-refractivity contribution in [3.8, 4) is 0 Å². The van der Waals surface area contributed by atoms with Gasteiger partial charge in [-0.2, -0.15) is 0 Å². The average Bonchev–Trinajstić information content (AvgIpc) is 2.63. The maximum absolute atomic E-state index is 12.5. The molecule has 0 aromatic heterocycles. The number of unbranched alkanes of at least 4 members (excludes halogenated alkanes) is 1. The summed E-state index contributed by atoms with van der Waals surface area (Å²) >= 11 is 0. The van der Waals surface area contributed by atoms with Crippen LogP contribution in [0.15, 0.2) is 0 Å². The quantitative estimate of drug-likeness (QED) is 0.203. The fraction of sp³-hybridized carbons (Fsp3) is 0.789.